The normalized spacial score (nSPS) is 12.2. The van der Waals surface area contributed by atoms with E-state index in [4.69, 9.17) is 4.98 Å². The summed E-state index contributed by atoms with van der Waals surface area (Å²) in [6, 6.07) is 28.4. The number of anilines is 1. The summed E-state index contributed by atoms with van der Waals surface area (Å²) in [7, 11) is 0. The molecule has 0 saturated carbocycles. The number of nitrogens with zero attached hydrogens (tertiary/aromatic N) is 3. The van der Waals surface area contributed by atoms with Gasteiger partial charge in [-0.05, 0) is 48.4 Å². The highest BCUT2D eigenvalue weighted by Gasteiger charge is 2.35. The zero-order valence-corrected chi connectivity index (χ0v) is 22.2. The summed E-state index contributed by atoms with van der Waals surface area (Å²) in [6.07, 6.45) is -4.33. The van der Waals surface area contributed by atoms with Crippen molar-refractivity contribution in [1.82, 2.24) is 14.5 Å². The summed E-state index contributed by atoms with van der Waals surface area (Å²) in [6.45, 7) is 1.91. The Morgan fingerprint density at radius 2 is 1.49 bits per heavy atom. The molecule has 0 fully saturated rings. The Kier molecular flexibility index (Phi) is 7.87. The van der Waals surface area contributed by atoms with Gasteiger partial charge in [-0.1, -0.05) is 79.7 Å². The molecule has 1 aromatic heterocycles. The number of fused-ring (bicyclic) bond motifs is 1. The minimum atomic E-state index is -4.66. The van der Waals surface area contributed by atoms with Gasteiger partial charge in [0.15, 0.2) is 0 Å². The maximum atomic E-state index is 13.9. The average Bonchev–Trinajstić information content (AvgIpc) is 2.98. The summed E-state index contributed by atoms with van der Waals surface area (Å²) < 4.78 is 42.7. The van der Waals surface area contributed by atoms with E-state index in [0.717, 1.165) is 11.6 Å². The van der Waals surface area contributed by atoms with Crippen LogP contribution >= 0.6 is 0 Å². The molecule has 5 aromatic rings. The number of para-hydroxylation sites is 3. The second-order valence-corrected chi connectivity index (χ2v) is 9.47. The Balaban J connectivity index is 1.67. The van der Waals surface area contributed by atoms with E-state index in [1.807, 2.05) is 43.3 Å². The lowest BCUT2D eigenvalue weighted by molar-refractivity contribution is -0.136. The molecular weight excluding hydrogens is 529 g/mol. The van der Waals surface area contributed by atoms with E-state index in [1.54, 1.807) is 48.5 Å². The van der Waals surface area contributed by atoms with Crippen molar-refractivity contribution in [3.8, 4) is 5.69 Å². The van der Waals surface area contributed by atoms with Gasteiger partial charge in [-0.2, -0.15) is 13.2 Å². The third-order valence-corrected chi connectivity index (χ3v) is 6.81. The minimum absolute atomic E-state index is 0.0663. The molecule has 4 aromatic carbocycles. The number of urea groups is 1. The molecule has 0 aliphatic rings. The lowest BCUT2D eigenvalue weighted by Gasteiger charge is -2.33. The van der Waals surface area contributed by atoms with E-state index in [2.05, 4.69) is 5.32 Å². The molecule has 0 aliphatic heterocycles. The first-order valence-electron chi connectivity index (χ1n) is 13.1. The predicted octanol–water partition coefficient (Wildman–Crippen LogP) is 7.59. The van der Waals surface area contributed by atoms with E-state index in [1.165, 1.54) is 27.7 Å². The van der Waals surface area contributed by atoms with Crippen LogP contribution in [-0.4, -0.2) is 20.5 Å². The first-order valence-corrected chi connectivity index (χ1v) is 13.1. The van der Waals surface area contributed by atoms with Gasteiger partial charge < -0.3 is 10.2 Å². The molecule has 6 nitrogen and oxygen atoms in total. The number of rotatable bonds is 7. The van der Waals surface area contributed by atoms with Crippen LogP contribution in [0.2, 0.25) is 0 Å². The van der Waals surface area contributed by atoms with Gasteiger partial charge in [-0.15, -0.1) is 0 Å². The summed E-state index contributed by atoms with van der Waals surface area (Å²) in [4.78, 5) is 34.0. The lowest BCUT2D eigenvalue weighted by Crippen LogP contribution is -2.40. The van der Waals surface area contributed by atoms with E-state index in [0.29, 0.717) is 28.8 Å². The number of halogens is 3. The molecule has 208 valence electrons. The van der Waals surface area contributed by atoms with Crippen LogP contribution in [0.3, 0.4) is 0 Å². The van der Waals surface area contributed by atoms with Crippen molar-refractivity contribution in [2.24, 2.45) is 0 Å². The largest absolute Gasteiger partial charge is 0.418 e. The monoisotopic (exact) mass is 556 g/mol. The summed E-state index contributed by atoms with van der Waals surface area (Å²) >= 11 is 0. The van der Waals surface area contributed by atoms with Crippen molar-refractivity contribution >= 4 is 22.6 Å². The highest BCUT2D eigenvalue weighted by Crippen LogP contribution is 2.35. The van der Waals surface area contributed by atoms with Gasteiger partial charge in [0.2, 0.25) is 0 Å². The second kappa shape index (κ2) is 11.7. The number of carbonyl (C=O) groups is 1. The topological polar surface area (TPSA) is 67.2 Å². The second-order valence-electron chi connectivity index (χ2n) is 9.47. The van der Waals surface area contributed by atoms with Gasteiger partial charge in [0, 0.05) is 6.54 Å². The van der Waals surface area contributed by atoms with E-state index in [9.17, 15) is 22.8 Å². The molecule has 1 heterocycles. The molecule has 1 N–H and O–H groups in total. The molecule has 1 atom stereocenters. The lowest BCUT2D eigenvalue weighted by atomic mass is 10.1. The molecule has 0 aliphatic carbocycles. The number of hydrogen-bond acceptors (Lipinski definition) is 3. The first-order chi connectivity index (χ1) is 19.8. The van der Waals surface area contributed by atoms with E-state index in [-0.39, 0.29) is 17.8 Å². The molecule has 2 amide bonds. The van der Waals surface area contributed by atoms with Crippen LogP contribution in [0.15, 0.2) is 114 Å². The van der Waals surface area contributed by atoms with Crippen LogP contribution in [-0.2, 0) is 12.7 Å². The first kappa shape index (κ1) is 27.6. The number of amides is 2. The van der Waals surface area contributed by atoms with Crippen LogP contribution in [0.4, 0.5) is 23.7 Å². The molecule has 1 unspecified atom stereocenters. The zero-order chi connectivity index (χ0) is 29.0. The van der Waals surface area contributed by atoms with Gasteiger partial charge in [0.25, 0.3) is 5.56 Å². The molecular formula is C32H27F3N4O2. The maximum Gasteiger partial charge on any atom is 0.418 e. The smallest absolute Gasteiger partial charge is 0.310 e. The zero-order valence-electron chi connectivity index (χ0n) is 22.2. The number of alkyl halides is 3. The van der Waals surface area contributed by atoms with Gasteiger partial charge >= 0.3 is 12.2 Å². The Bertz CT molecular complexity index is 1720. The molecule has 41 heavy (non-hydrogen) atoms. The minimum Gasteiger partial charge on any atom is -0.310 e. The highest BCUT2D eigenvalue weighted by molar-refractivity contribution is 5.90. The Morgan fingerprint density at radius 1 is 0.878 bits per heavy atom. The summed E-state index contributed by atoms with van der Waals surface area (Å²) in [5.41, 5.74) is 0.167. The predicted molar refractivity (Wildman–Crippen MR) is 153 cm³/mol. The van der Waals surface area contributed by atoms with Crippen molar-refractivity contribution in [2.75, 3.05) is 5.32 Å². The van der Waals surface area contributed by atoms with E-state index >= 15 is 0 Å². The maximum absolute atomic E-state index is 13.9. The number of aromatic nitrogens is 2. The fourth-order valence-corrected chi connectivity index (χ4v) is 4.87. The highest BCUT2D eigenvalue weighted by atomic mass is 19.4. The van der Waals surface area contributed by atoms with Crippen LogP contribution in [0.25, 0.3) is 16.6 Å². The fraction of sp³-hybridized carbons (Fsp3) is 0.156. The SMILES string of the molecule is CCC(c1nc2ccccc2c(=O)n1-c1ccccc1)N(Cc1ccccc1)C(=O)Nc1ccccc1C(F)(F)F. The molecule has 0 saturated heterocycles. The third kappa shape index (κ3) is 5.84. The summed E-state index contributed by atoms with van der Waals surface area (Å²) in [5.74, 6) is 0.303. The molecule has 9 heteroatoms. The van der Waals surface area contributed by atoms with Crippen LogP contribution in [0.1, 0.15) is 36.3 Å². The third-order valence-electron chi connectivity index (χ3n) is 6.81. The fourth-order valence-electron chi connectivity index (χ4n) is 4.87. The van der Waals surface area contributed by atoms with Crippen molar-refractivity contribution in [3.05, 3.63) is 136 Å². The summed E-state index contributed by atoms with van der Waals surface area (Å²) in [5, 5.41) is 2.90. The average molecular weight is 557 g/mol. The number of hydrogen-bond donors (Lipinski definition) is 1. The van der Waals surface area contributed by atoms with Crippen LogP contribution < -0.4 is 10.9 Å². The van der Waals surface area contributed by atoms with Crippen molar-refractivity contribution in [1.29, 1.82) is 0 Å². The number of benzene rings is 4. The van der Waals surface area contributed by atoms with Gasteiger partial charge in [-0.25, -0.2) is 9.78 Å². The Labute approximate surface area is 234 Å². The molecule has 0 bridgehead atoms. The Hall–Kier alpha value is -4.92. The standard InChI is InChI=1S/C32H27F3N4O2/c1-2-28(29-36-26-19-11-9-17-24(26)30(40)39(29)23-15-7-4-8-16-23)38(21-22-13-5-3-6-14-22)31(41)37-27-20-12-10-18-25(27)32(33,34)35/h3-20,28H,2,21H2,1H3,(H,37,41). The van der Waals surface area contributed by atoms with Gasteiger partial charge in [-0.3, -0.25) is 9.36 Å². The van der Waals surface area contributed by atoms with Crippen LogP contribution in [0.5, 0.6) is 0 Å². The molecule has 5 rings (SSSR count). The molecule has 0 spiro atoms. The van der Waals surface area contributed by atoms with Gasteiger partial charge in [0.05, 0.1) is 33.9 Å². The van der Waals surface area contributed by atoms with Crippen molar-refractivity contribution in [3.63, 3.8) is 0 Å². The number of nitrogens with one attached hydrogen (secondary N) is 1. The van der Waals surface area contributed by atoms with Crippen molar-refractivity contribution < 1.29 is 18.0 Å². The van der Waals surface area contributed by atoms with Crippen LogP contribution in [0, 0.1) is 0 Å². The molecule has 0 radical (unpaired) electrons. The Morgan fingerprint density at radius 3 is 2.17 bits per heavy atom. The van der Waals surface area contributed by atoms with Crippen molar-refractivity contribution in [2.45, 2.75) is 32.1 Å². The number of carbonyl (C=O) groups excluding carboxylic acids is 1. The van der Waals surface area contributed by atoms with E-state index < -0.39 is 23.8 Å². The van der Waals surface area contributed by atoms with Gasteiger partial charge in [0.1, 0.15) is 5.82 Å². The quantitative estimate of drug-likeness (QED) is 0.225.